The molecule has 1 fully saturated rings. The Kier molecular flexibility index (Phi) is 4.27. The fourth-order valence-electron chi connectivity index (χ4n) is 3.08. The van der Waals surface area contributed by atoms with Gasteiger partial charge in [0.2, 0.25) is 5.89 Å². The maximum Gasteiger partial charge on any atom is 0.264 e. The largest absolute Gasteiger partial charge is 0.420 e. The van der Waals surface area contributed by atoms with Crippen molar-refractivity contribution in [2.75, 3.05) is 4.72 Å². The van der Waals surface area contributed by atoms with E-state index in [1.807, 2.05) is 6.92 Å². The quantitative estimate of drug-likeness (QED) is 0.657. The molecule has 0 atom stereocenters. The molecule has 2 N–H and O–H groups in total. The van der Waals surface area contributed by atoms with Crippen molar-refractivity contribution >= 4 is 27.3 Å². The van der Waals surface area contributed by atoms with Gasteiger partial charge in [-0.3, -0.25) is 4.72 Å². The maximum absolute atomic E-state index is 13.2. The van der Waals surface area contributed by atoms with Gasteiger partial charge in [0.25, 0.3) is 15.9 Å². The average molecular weight is 407 g/mol. The van der Waals surface area contributed by atoms with Crippen LogP contribution in [0, 0.1) is 20.8 Å². The molecule has 0 radical (unpaired) electrons. The molecule has 1 aromatic carbocycles. The summed E-state index contributed by atoms with van der Waals surface area (Å²) in [6.07, 6.45) is 2.04. The summed E-state index contributed by atoms with van der Waals surface area (Å²) in [5, 5.41) is 8.61. The van der Waals surface area contributed by atoms with Gasteiger partial charge in [-0.25, -0.2) is 8.42 Å². The summed E-state index contributed by atoms with van der Waals surface area (Å²) in [6, 6.07) is 5.06. The molecule has 0 bridgehead atoms. The number of hydrogen-bond donors (Lipinski definition) is 2. The van der Waals surface area contributed by atoms with Gasteiger partial charge >= 0.3 is 0 Å². The molecule has 3 aromatic rings. The van der Waals surface area contributed by atoms with E-state index in [0.29, 0.717) is 39.5 Å². The first-order chi connectivity index (χ1) is 12.8. The molecule has 1 aliphatic rings. The van der Waals surface area contributed by atoms with Crippen molar-refractivity contribution < 1.29 is 12.8 Å². The number of aromatic nitrogens is 3. The van der Waals surface area contributed by atoms with Gasteiger partial charge < -0.3 is 9.40 Å². The summed E-state index contributed by atoms with van der Waals surface area (Å²) in [7, 11) is -3.90. The Hall–Kier alpha value is -2.32. The minimum absolute atomic E-state index is 0.102. The normalized spacial score (nSPS) is 14.5. The van der Waals surface area contributed by atoms with Crippen LogP contribution >= 0.6 is 11.6 Å². The number of rotatable bonds is 5. The van der Waals surface area contributed by atoms with E-state index < -0.39 is 10.0 Å². The second-order valence-electron chi connectivity index (χ2n) is 6.86. The SMILES string of the molecule is Cc1ccc(Cl)cc1NS(=O)(=O)c1c(C)[nH]c(C)c1-c1nnc(C2CC2)o1. The molecule has 0 aliphatic heterocycles. The van der Waals surface area contributed by atoms with Gasteiger partial charge in [0.1, 0.15) is 4.90 Å². The molecule has 142 valence electrons. The number of H-pyrrole nitrogens is 1. The highest BCUT2D eigenvalue weighted by Gasteiger charge is 2.33. The first kappa shape index (κ1) is 18.1. The fraction of sp³-hybridized carbons (Fsp3) is 0.333. The first-order valence-corrected chi connectivity index (χ1v) is 10.4. The van der Waals surface area contributed by atoms with Crippen molar-refractivity contribution in [2.45, 2.75) is 44.4 Å². The fourth-order valence-corrected chi connectivity index (χ4v) is 4.83. The molecule has 1 saturated carbocycles. The summed E-state index contributed by atoms with van der Waals surface area (Å²) in [4.78, 5) is 3.18. The van der Waals surface area contributed by atoms with Gasteiger partial charge in [0.15, 0.2) is 0 Å². The van der Waals surface area contributed by atoms with Gasteiger partial charge in [-0.2, -0.15) is 0 Å². The van der Waals surface area contributed by atoms with Crippen LogP contribution in [0.2, 0.25) is 5.02 Å². The topological polar surface area (TPSA) is 101 Å². The van der Waals surface area contributed by atoms with Crippen LogP contribution in [0.3, 0.4) is 0 Å². The third-order valence-corrected chi connectivity index (χ3v) is 6.38. The van der Waals surface area contributed by atoms with E-state index in [2.05, 4.69) is 19.9 Å². The van der Waals surface area contributed by atoms with E-state index in [1.54, 1.807) is 32.0 Å². The predicted molar refractivity (Wildman–Crippen MR) is 103 cm³/mol. The Balaban J connectivity index is 1.79. The number of aromatic amines is 1. The van der Waals surface area contributed by atoms with Crippen molar-refractivity contribution in [1.82, 2.24) is 15.2 Å². The summed E-state index contributed by atoms with van der Waals surface area (Å²) in [5.74, 6) is 1.06. The van der Waals surface area contributed by atoms with Crippen molar-refractivity contribution in [3.8, 4) is 11.5 Å². The van der Waals surface area contributed by atoms with E-state index in [-0.39, 0.29) is 10.8 Å². The smallest absolute Gasteiger partial charge is 0.264 e. The third kappa shape index (κ3) is 3.35. The number of nitrogens with one attached hydrogen (secondary N) is 2. The van der Waals surface area contributed by atoms with Crippen molar-refractivity contribution in [3.05, 3.63) is 46.1 Å². The zero-order valence-corrected chi connectivity index (χ0v) is 16.7. The molecular formula is C18H19ClN4O3S. The molecule has 1 aliphatic carbocycles. The number of sulfonamides is 1. The lowest BCUT2D eigenvalue weighted by molar-refractivity contribution is 0.507. The molecule has 0 spiro atoms. The van der Waals surface area contributed by atoms with Gasteiger partial charge in [0, 0.05) is 22.3 Å². The maximum atomic E-state index is 13.2. The Morgan fingerprint density at radius 3 is 2.63 bits per heavy atom. The van der Waals surface area contributed by atoms with Gasteiger partial charge in [-0.05, 0) is 51.3 Å². The molecule has 2 heterocycles. The summed E-state index contributed by atoms with van der Waals surface area (Å²) < 4.78 is 34.8. The van der Waals surface area contributed by atoms with Crippen LogP contribution in [0.1, 0.15) is 41.6 Å². The minimum atomic E-state index is -3.90. The van der Waals surface area contributed by atoms with Crippen LogP contribution in [-0.4, -0.2) is 23.6 Å². The number of nitrogens with zero attached hydrogens (tertiary/aromatic N) is 2. The van der Waals surface area contributed by atoms with Crippen molar-refractivity contribution in [2.24, 2.45) is 0 Å². The number of hydrogen-bond acceptors (Lipinski definition) is 5. The zero-order chi connectivity index (χ0) is 19.3. The molecule has 27 heavy (non-hydrogen) atoms. The van der Waals surface area contributed by atoms with E-state index in [9.17, 15) is 8.42 Å². The Bertz CT molecular complexity index is 1130. The highest BCUT2D eigenvalue weighted by molar-refractivity contribution is 7.93. The van der Waals surface area contributed by atoms with E-state index >= 15 is 0 Å². The third-order valence-electron chi connectivity index (χ3n) is 4.61. The van der Waals surface area contributed by atoms with Crippen LogP contribution < -0.4 is 4.72 Å². The lowest BCUT2D eigenvalue weighted by atomic mass is 10.2. The molecule has 0 unspecified atom stereocenters. The Morgan fingerprint density at radius 1 is 1.19 bits per heavy atom. The molecular weight excluding hydrogens is 388 g/mol. The second kappa shape index (κ2) is 6.38. The first-order valence-electron chi connectivity index (χ1n) is 8.58. The minimum Gasteiger partial charge on any atom is -0.420 e. The molecule has 0 saturated heterocycles. The number of benzene rings is 1. The lowest BCUT2D eigenvalue weighted by Gasteiger charge is -2.12. The molecule has 0 amide bonds. The van der Waals surface area contributed by atoms with Crippen LogP contribution in [0.15, 0.2) is 27.5 Å². The standard InChI is InChI=1S/C18H19ClN4O3S/c1-9-4-7-13(19)8-14(9)23-27(24,25)16-11(3)20-10(2)15(16)18-22-21-17(26-18)12-5-6-12/h4,7-8,12,20,23H,5-6H2,1-3H3. The van der Waals surface area contributed by atoms with Gasteiger partial charge in [0.05, 0.1) is 11.3 Å². The summed E-state index contributed by atoms with van der Waals surface area (Å²) in [6.45, 7) is 5.30. The average Bonchev–Trinajstić information content (AvgIpc) is 3.24. The number of anilines is 1. The Labute approximate surface area is 162 Å². The van der Waals surface area contributed by atoms with Crippen LogP contribution in [0.25, 0.3) is 11.5 Å². The highest BCUT2D eigenvalue weighted by atomic mass is 35.5. The monoisotopic (exact) mass is 406 g/mol. The van der Waals surface area contributed by atoms with Crippen molar-refractivity contribution in [1.29, 1.82) is 0 Å². The van der Waals surface area contributed by atoms with Crippen molar-refractivity contribution in [3.63, 3.8) is 0 Å². The predicted octanol–water partition coefficient (Wildman–Crippen LogP) is 4.32. The van der Waals surface area contributed by atoms with Crippen LogP contribution in [0.5, 0.6) is 0 Å². The number of aryl methyl sites for hydroxylation is 3. The van der Waals surface area contributed by atoms with Gasteiger partial charge in [-0.15, -0.1) is 10.2 Å². The zero-order valence-electron chi connectivity index (χ0n) is 15.1. The molecule has 4 rings (SSSR count). The van der Waals surface area contributed by atoms with Crippen LogP contribution in [0.4, 0.5) is 5.69 Å². The van der Waals surface area contributed by atoms with E-state index in [4.69, 9.17) is 16.0 Å². The molecule has 9 heteroatoms. The second-order valence-corrected chi connectivity index (χ2v) is 8.92. The summed E-state index contributed by atoms with van der Waals surface area (Å²) >= 11 is 6.02. The van der Waals surface area contributed by atoms with E-state index in [1.165, 1.54) is 0 Å². The van der Waals surface area contributed by atoms with E-state index in [0.717, 1.165) is 18.4 Å². The lowest BCUT2D eigenvalue weighted by Crippen LogP contribution is -2.15. The van der Waals surface area contributed by atoms with Gasteiger partial charge in [-0.1, -0.05) is 17.7 Å². The highest BCUT2D eigenvalue weighted by Crippen LogP contribution is 2.41. The number of halogens is 1. The summed E-state index contributed by atoms with van der Waals surface area (Å²) in [5.41, 5.74) is 2.75. The molecule has 7 nitrogen and oxygen atoms in total. The molecule has 2 aromatic heterocycles. The Morgan fingerprint density at radius 2 is 1.93 bits per heavy atom. The van der Waals surface area contributed by atoms with Crippen LogP contribution in [-0.2, 0) is 10.0 Å².